The Balaban J connectivity index is 0.000000385. The molecule has 1 fully saturated rings. The topological polar surface area (TPSA) is 101 Å². The summed E-state index contributed by atoms with van der Waals surface area (Å²) in [6, 6.07) is 0. The number of rotatable bonds is 0. The Morgan fingerprint density at radius 3 is 1.38 bits per heavy atom. The van der Waals surface area contributed by atoms with Crippen LogP contribution in [0.2, 0.25) is 0 Å². The molecule has 1 aliphatic rings. The van der Waals surface area contributed by atoms with E-state index in [1.54, 1.807) is 0 Å². The number of halogens is 1. The molecule has 0 amide bonds. The lowest BCUT2D eigenvalue weighted by Gasteiger charge is -2.35. The van der Waals surface area contributed by atoms with E-state index in [-0.39, 0.29) is 11.3 Å². The van der Waals surface area contributed by atoms with Gasteiger partial charge in [0.05, 0.1) is 14.1 Å². The van der Waals surface area contributed by atoms with E-state index < -0.39 is 10.2 Å². The first-order valence-corrected chi connectivity index (χ1v) is 6.05. The third-order valence-electron chi connectivity index (χ3n) is 2.76. The molecule has 6 nitrogen and oxygen atoms in total. The molecule has 1 saturated heterocycles. The highest BCUT2D eigenvalue weighted by Gasteiger charge is 2.52. The van der Waals surface area contributed by atoms with E-state index in [9.17, 15) is 0 Å². The maximum atomic E-state index is 8.49. The molecule has 0 saturated carbocycles. The highest BCUT2D eigenvalue weighted by atomic mass is 35.7. The van der Waals surface area contributed by atoms with E-state index in [1.807, 2.05) is 0 Å². The van der Waals surface area contributed by atoms with E-state index in [0.29, 0.717) is 0 Å². The van der Waals surface area contributed by atoms with Gasteiger partial charge in [0, 0.05) is 13.8 Å². The van der Waals surface area contributed by atoms with Crippen molar-refractivity contribution in [2.45, 2.75) is 39.0 Å². The highest BCUT2D eigenvalue weighted by molar-refractivity contribution is 4.79. The predicted molar refractivity (Wildman–Crippen MR) is 46.2 cm³/mol. The van der Waals surface area contributed by atoms with Crippen LogP contribution in [-0.4, -0.2) is 36.4 Å². The average Bonchev–Trinajstić information content (AvgIpc) is 1.86. The minimum atomic E-state index is -4.94. The summed E-state index contributed by atoms with van der Waals surface area (Å²) in [6.07, 6.45) is 0. The van der Waals surface area contributed by atoms with Crippen molar-refractivity contribution in [2.75, 3.05) is 20.6 Å². The number of ether oxygens (including phenoxy) is 1. The first-order chi connectivity index (χ1) is 6.66. The number of hydrogen-bond acceptors (Lipinski definition) is 5. The van der Waals surface area contributed by atoms with E-state index in [4.69, 9.17) is 23.4 Å². The molecule has 1 heterocycles. The fourth-order valence-corrected chi connectivity index (χ4v) is 1.97. The standard InChI is InChI=1S/C9H20NO.ClHO4/c1-8(2)7-10(5,6)9(3,4)11-8;2-1(3,4)5/h7H2,1-6H3;(H,2,3,4,5)/q+1;/p-1. The molecule has 0 N–H and O–H groups in total. The molecule has 98 valence electrons. The minimum Gasteiger partial charge on any atom is -0.315 e. The Morgan fingerprint density at radius 2 is 1.31 bits per heavy atom. The van der Waals surface area contributed by atoms with Crippen LogP contribution < -0.4 is 18.6 Å². The molecule has 0 spiro atoms. The van der Waals surface area contributed by atoms with Gasteiger partial charge in [-0.1, -0.05) is 0 Å². The van der Waals surface area contributed by atoms with Crippen molar-refractivity contribution in [2.24, 2.45) is 0 Å². The summed E-state index contributed by atoms with van der Waals surface area (Å²) in [6.45, 7) is 9.70. The van der Waals surface area contributed by atoms with Crippen LogP contribution in [0.1, 0.15) is 27.7 Å². The van der Waals surface area contributed by atoms with Crippen molar-refractivity contribution in [1.82, 2.24) is 0 Å². The predicted octanol–water partition coefficient (Wildman–Crippen LogP) is -3.15. The van der Waals surface area contributed by atoms with E-state index >= 15 is 0 Å². The fraction of sp³-hybridized carbons (Fsp3) is 1.00. The average molecular weight is 258 g/mol. The van der Waals surface area contributed by atoms with Gasteiger partial charge in [-0.25, -0.2) is 18.6 Å². The summed E-state index contributed by atoms with van der Waals surface area (Å²) in [7, 11) is -0.510. The molecule has 0 aromatic heterocycles. The molecule has 0 aromatic rings. The SMILES string of the molecule is CC1(C)C[N+](C)(C)C(C)(C)O1.[O-][Cl+3]([O-])([O-])[O-]. The Hall–Kier alpha value is 0.0500. The van der Waals surface area contributed by atoms with Gasteiger partial charge in [-0.3, -0.25) is 4.48 Å². The van der Waals surface area contributed by atoms with Crippen molar-refractivity contribution in [3.8, 4) is 0 Å². The normalized spacial score (nSPS) is 25.9. The molecule has 0 radical (unpaired) electrons. The lowest BCUT2D eigenvalue weighted by atomic mass is 10.1. The van der Waals surface area contributed by atoms with Gasteiger partial charge in [-0.05, 0) is 13.8 Å². The van der Waals surface area contributed by atoms with Gasteiger partial charge >= 0.3 is 0 Å². The second-order valence-electron chi connectivity index (χ2n) is 5.53. The van der Waals surface area contributed by atoms with Crippen LogP contribution in [0.25, 0.3) is 0 Å². The largest absolute Gasteiger partial charge is 0.315 e. The molecular weight excluding hydrogens is 238 g/mol. The van der Waals surface area contributed by atoms with Crippen molar-refractivity contribution in [3.05, 3.63) is 0 Å². The monoisotopic (exact) mass is 257 g/mol. The summed E-state index contributed by atoms with van der Waals surface area (Å²) in [5, 5.41) is 0. The second kappa shape index (κ2) is 4.38. The lowest BCUT2D eigenvalue weighted by Crippen LogP contribution is -2.68. The van der Waals surface area contributed by atoms with Gasteiger partial charge in [-0.15, -0.1) is 10.2 Å². The van der Waals surface area contributed by atoms with Crippen molar-refractivity contribution in [1.29, 1.82) is 0 Å². The summed E-state index contributed by atoms with van der Waals surface area (Å²) in [4.78, 5) is 0. The van der Waals surface area contributed by atoms with Crippen LogP contribution in [0.3, 0.4) is 0 Å². The third kappa shape index (κ3) is 5.40. The molecule has 1 aliphatic heterocycles. The van der Waals surface area contributed by atoms with Crippen molar-refractivity contribution < 1.29 is 38.1 Å². The Labute approximate surface area is 98.4 Å². The first-order valence-electron chi connectivity index (χ1n) is 4.81. The van der Waals surface area contributed by atoms with Crippen LogP contribution >= 0.6 is 0 Å². The van der Waals surface area contributed by atoms with Gasteiger partial charge < -0.3 is 4.74 Å². The van der Waals surface area contributed by atoms with Gasteiger partial charge in [0.2, 0.25) is 0 Å². The number of quaternary nitrogens is 1. The maximum absolute atomic E-state index is 8.49. The summed E-state index contributed by atoms with van der Waals surface area (Å²) < 4.78 is 40.8. The zero-order valence-corrected chi connectivity index (χ0v) is 11.3. The van der Waals surface area contributed by atoms with Crippen LogP contribution in [0.15, 0.2) is 0 Å². The van der Waals surface area contributed by atoms with Crippen LogP contribution in [0.4, 0.5) is 0 Å². The number of nitrogens with zero attached hydrogens (tertiary/aromatic N) is 1. The third-order valence-corrected chi connectivity index (χ3v) is 2.76. The van der Waals surface area contributed by atoms with Gasteiger partial charge in [0.25, 0.3) is 0 Å². The smallest absolute Gasteiger partial charge is 0.198 e. The summed E-state index contributed by atoms with van der Waals surface area (Å²) in [5.41, 5.74) is -0.00347. The van der Waals surface area contributed by atoms with Crippen molar-refractivity contribution >= 4 is 0 Å². The fourth-order valence-electron chi connectivity index (χ4n) is 1.97. The highest BCUT2D eigenvalue weighted by Crippen LogP contribution is 2.36. The molecular formula is C9H20ClNO5. The van der Waals surface area contributed by atoms with Crippen molar-refractivity contribution in [3.63, 3.8) is 0 Å². The Kier molecular flexibility index (Phi) is 4.39. The lowest BCUT2D eigenvalue weighted by molar-refractivity contribution is -2.00. The van der Waals surface area contributed by atoms with E-state index in [0.717, 1.165) is 11.0 Å². The van der Waals surface area contributed by atoms with Crippen LogP contribution in [-0.2, 0) is 4.74 Å². The number of likely N-dealkylation sites (N-methyl/N-ethyl adjacent to an activating group) is 1. The minimum absolute atomic E-state index is 0.0347. The van der Waals surface area contributed by atoms with Crippen LogP contribution in [0, 0.1) is 10.2 Å². The van der Waals surface area contributed by atoms with Gasteiger partial charge in [-0.2, -0.15) is 0 Å². The Bertz CT molecular complexity index is 223. The molecule has 0 aliphatic carbocycles. The first kappa shape index (κ1) is 16.1. The van der Waals surface area contributed by atoms with Gasteiger partial charge in [0.1, 0.15) is 12.1 Å². The zero-order valence-electron chi connectivity index (χ0n) is 10.6. The molecule has 0 unspecified atom stereocenters. The maximum Gasteiger partial charge on any atom is 0.198 e. The molecule has 0 bridgehead atoms. The molecule has 7 heteroatoms. The van der Waals surface area contributed by atoms with E-state index in [1.165, 1.54) is 0 Å². The molecule has 0 aromatic carbocycles. The van der Waals surface area contributed by atoms with Gasteiger partial charge in [0.15, 0.2) is 5.72 Å². The van der Waals surface area contributed by atoms with E-state index in [2.05, 4.69) is 41.8 Å². The zero-order chi connectivity index (χ0) is 13.4. The quantitative estimate of drug-likeness (QED) is 0.427. The second-order valence-corrected chi connectivity index (χ2v) is 6.29. The molecule has 0 atom stereocenters. The summed E-state index contributed by atoms with van der Waals surface area (Å²) in [5.74, 6) is 0. The molecule has 1 rings (SSSR count). The summed E-state index contributed by atoms with van der Waals surface area (Å²) >= 11 is 0. The molecule has 16 heavy (non-hydrogen) atoms. The Morgan fingerprint density at radius 1 is 1.00 bits per heavy atom. The number of hydrogen-bond donors (Lipinski definition) is 0. The van der Waals surface area contributed by atoms with Crippen LogP contribution in [0.5, 0.6) is 0 Å².